The number of para-hydroxylation sites is 2. The molecule has 0 spiro atoms. The fraction of sp³-hybridized carbons (Fsp3) is 0.389. The van der Waals surface area contributed by atoms with Crippen molar-refractivity contribution in [3.05, 3.63) is 41.2 Å². The van der Waals surface area contributed by atoms with Crippen LogP contribution in [0.1, 0.15) is 46.5 Å². The second-order valence-corrected chi connectivity index (χ2v) is 6.97. The number of rotatable bonds is 2. The summed E-state index contributed by atoms with van der Waals surface area (Å²) >= 11 is 0. The Balaban J connectivity index is 1.57. The molecule has 25 heavy (non-hydrogen) atoms. The van der Waals surface area contributed by atoms with Crippen molar-refractivity contribution in [1.82, 2.24) is 9.78 Å². The molecular formula is C18H18N4O3. The molecule has 3 aliphatic rings. The largest absolute Gasteiger partial charge is 0.489 e. The second-order valence-electron chi connectivity index (χ2n) is 6.97. The van der Waals surface area contributed by atoms with Crippen LogP contribution in [0, 0.1) is 5.92 Å². The van der Waals surface area contributed by atoms with Gasteiger partial charge in [-0.1, -0.05) is 12.1 Å². The van der Waals surface area contributed by atoms with Crippen LogP contribution in [0.3, 0.4) is 0 Å². The number of benzene rings is 1. The number of ether oxygens (including phenoxy) is 1. The minimum Gasteiger partial charge on any atom is -0.489 e. The van der Waals surface area contributed by atoms with Crippen LogP contribution in [-0.4, -0.2) is 28.2 Å². The SMILES string of the molecule is NC(=O)c1nn([C@H]2COc3ccccc3NC2=O)c2c1C1CC1CC2. The van der Waals surface area contributed by atoms with Crippen LogP contribution in [0.4, 0.5) is 5.69 Å². The average Bonchev–Trinajstić information content (AvgIpc) is 3.32. The van der Waals surface area contributed by atoms with Crippen LogP contribution in [0.25, 0.3) is 0 Å². The Morgan fingerprint density at radius 3 is 3.04 bits per heavy atom. The number of nitrogens with zero attached hydrogens (tertiary/aromatic N) is 2. The maximum absolute atomic E-state index is 12.8. The Morgan fingerprint density at radius 1 is 1.36 bits per heavy atom. The second kappa shape index (κ2) is 5.08. The van der Waals surface area contributed by atoms with Gasteiger partial charge in [-0.15, -0.1) is 0 Å². The molecule has 7 heteroatoms. The Kier molecular flexibility index (Phi) is 2.95. The van der Waals surface area contributed by atoms with Crippen molar-refractivity contribution < 1.29 is 14.3 Å². The van der Waals surface area contributed by atoms with E-state index in [0.717, 1.165) is 30.5 Å². The van der Waals surface area contributed by atoms with E-state index in [4.69, 9.17) is 10.5 Å². The molecule has 2 aromatic rings. The first-order valence-electron chi connectivity index (χ1n) is 8.57. The minimum atomic E-state index is -0.621. The lowest BCUT2D eigenvalue weighted by atomic mass is 9.95. The van der Waals surface area contributed by atoms with E-state index in [-0.39, 0.29) is 12.5 Å². The van der Waals surface area contributed by atoms with Crippen molar-refractivity contribution in [2.75, 3.05) is 11.9 Å². The van der Waals surface area contributed by atoms with Crippen LogP contribution < -0.4 is 15.8 Å². The molecule has 3 atom stereocenters. The number of amides is 2. The van der Waals surface area contributed by atoms with Crippen LogP contribution in [0.15, 0.2) is 24.3 Å². The highest BCUT2D eigenvalue weighted by atomic mass is 16.5. The molecule has 0 radical (unpaired) electrons. The first-order chi connectivity index (χ1) is 12.1. The van der Waals surface area contributed by atoms with E-state index in [2.05, 4.69) is 10.4 Å². The van der Waals surface area contributed by atoms with E-state index in [1.807, 2.05) is 18.2 Å². The number of carbonyl (C=O) groups is 2. The molecule has 0 bridgehead atoms. The molecule has 1 saturated carbocycles. The lowest BCUT2D eigenvalue weighted by Crippen LogP contribution is -2.31. The lowest BCUT2D eigenvalue weighted by molar-refractivity contribution is -0.120. The standard InChI is InChI=1S/C18H18N4O3/c19-17(23)16-15-10-7-9(10)5-6-12(15)22(21-16)13-8-25-14-4-2-1-3-11(14)20-18(13)24/h1-4,9-10,13H,5-8H2,(H2,19,23)(H,20,24)/t9?,10?,13-/m0/s1. The fourth-order valence-electron chi connectivity index (χ4n) is 4.14. The van der Waals surface area contributed by atoms with E-state index in [0.29, 0.717) is 29.0 Å². The Hall–Kier alpha value is -2.83. The molecule has 1 aromatic heterocycles. The van der Waals surface area contributed by atoms with Crippen LogP contribution in [0.2, 0.25) is 0 Å². The molecule has 2 heterocycles. The molecule has 0 saturated heterocycles. The highest BCUT2D eigenvalue weighted by Gasteiger charge is 2.47. The van der Waals surface area contributed by atoms with Gasteiger partial charge < -0.3 is 15.8 Å². The number of aromatic nitrogens is 2. The molecule has 2 amide bonds. The van der Waals surface area contributed by atoms with E-state index >= 15 is 0 Å². The van der Waals surface area contributed by atoms with Gasteiger partial charge >= 0.3 is 0 Å². The molecule has 3 N–H and O–H groups in total. The van der Waals surface area contributed by atoms with E-state index in [1.54, 1.807) is 10.7 Å². The first kappa shape index (κ1) is 14.5. The third kappa shape index (κ3) is 2.15. The van der Waals surface area contributed by atoms with Gasteiger partial charge in [0.15, 0.2) is 11.7 Å². The summed E-state index contributed by atoms with van der Waals surface area (Å²) < 4.78 is 7.50. The topological polar surface area (TPSA) is 99.2 Å². The normalized spacial score (nSPS) is 26.4. The zero-order valence-corrected chi connectivity index (χ0v) is 13.6. The molecule has 5 rings (SSSR count). The molecule has 1 aromatic carbocycles. The molecule has 2 unspecified atom stereocenters. The third-order valence-electron chi connectivity index (χ3n) is 5.47. The number of fused-ring (bicyclic) bond motifs is 4. The van der Waals surface area contributed by atoms with Crippen molar-refractivity contribution in [2.24, 2.45) is 11.7 Å². The molecule has 7 nitrogen and oxygen atoms in total. The van der Waals surface area contributed by atoms with Gasteiger partial charge in [0.05, 0.1) is 5.69 Å². The van der Waals surface area contributed by atoms with Gasteiger partial charge in [-0.2, -0.15) is 5.10 Å². The van der Waals surface area contributed by atoms with Gasteiger partial charge in [0.1, 0.15) is 12.4 Å². The summed E-state index contributed by atoms with van der Waals surface area (Å²) in [7, 11) is 0. The summed E-state index contributed by atoms with van der Waals surface area (Å²) in [6.45, 7) is 0.170. The van der Waals surface area contributed by atoms with Crippen molar-refractivity contribution in [1.29, 1.82) is 0 Å². The van der Waals surface area contributed by atoms with Gasteiger partial charge in [-0.05, 0) is 43.2 Å². The van der Waals surface area contributed by atoms with Crippen LogP contribution in [-0.2, 0) is 11.2 Å². The molecule has 128 valence electrons. The Morgan fingerprint density at radius 2 is 2.20 bits per heavy atom. The molecule has 1 fully saturated rings. The smallest absolute Gasteiger partial charge is 0.269 e. The van der Waals surface area contributed by atoms with Gasteiger partial charge in [-0.3, -0.25) is 14.3 Å². The number of primary amides is 1. The third-order valence-corrected chi connectivity index (χ3v) is 5.47. The number of hydrogen-bond acceptors (Lipinski definition) is 4. The summed E-state index contributed by atoms with van der Waals surface area (Å²) in [5.74, 6) is 0.917. The van der Waals surface area contributed by atoms with E-state index in [1.165, 1.54) is 0 Å². The number of nitrogens with two attached hydrogens (primary N) is 1. The number of nitrogens with one attached hydrogen (secondary N) is 1. The zero-order chi connectivity index (χ0) is 17.1. The Bertz CT molecular complexity index is 904. The number of carbonyl (C=O) groups excluding carboxylic acids is 2. The zero-order valence-electron chi connectivity index (χ0n) is 13.6. The Labute approximate surface area is 144 Å². The van der Waals surface area contributed by atoms with Crippen molar-refractivity contribution >= 4 is 17.5 Å². The van der Waals surface area contributed by atoms with Crippen molar-refractivity contribution in [2.45, 2.75) is 31.2 Å². The van der Waals surface area contributed by atoms with Gasteiger partial charge in [0.2, 0.25) is 0 Å². The predicted octanol–water partition coefficient (Wildman–Crippen LogP) is 1.60. The van der Waals surface area contributed by atoms with Gasteiger partial charge in [-0.25, -0.2) is 0 Å². The first-order valence-corrected chi connectivity index (χ1v) is 8.57. The average molecular weight is 338 g/mol. The predicted molar refractivity (Wildman–Crippen MR) is 89.5 cm³/mol. The molecule has 1 aliphatic heterocycles. The lowest BCUT2D eigenvalue weighted by Gasteiger charge is -2.19. The summed E-state index contributed by atoms with van der Waals surface area (Å²) in [5, 5.41) is 7.35. The highest BCUT2D eigenvalue weighted by molar-refractivity contribution is 5.96. The highest BCUT2D eigenvalue weighted by Crippen LogP contribution is 2.55. The summed E-state index contributed by atoms with van der Waals surface area (Å²) in [4.78, 5) is 24.6. The van der Waals surface area contributed by atoms with Gasteiger partial charge in [0.25, 0.3) is 11.8 Å². The van der Waals surface area contributed by atoms with E-state index < -0.39 is 11.9 Å². The number of anilines is 1. The molecule has 2 aliphatic carbocycles. The summed E-state index contributed by atoms with van der Waals surface area (Å²) in [6, 6.07) is 6.71. The number of hydrogen-bond donors (Lipinski definition) is 2. The maximum atomic E-state index is 12.8. The minimum absolute atomic E-state index is 0.170. The van der Waals surface area contributed by atoms with E-state index in [9.17, 15) is 9.59 Å². The van der Waals surface area contributed by atoms with Gasteiger partial charge in [0, 0.05) is 11.3 Å². The molecular weight excluding hydrogens is 320 g/mol. The monoisotopic (exact) mass is 338 g/mol. The summed E-state index contributed by atoms with van der Waals surface area (Å²) in [5.41, 5.74) is 8.43. The van der Waals surface area contributed by atoms with Crippen LogP contribution in [0.5, 0.6) is 5.75 Å². The summed E-state index contributed by atoms with van der Waals surface area (Å²) in [6.07, 6.45) is 2.96. The van der Waals surface area contributed by atoms with Crippen LogP contribution >= 0.6 is 0 Å². The fourth-order valence-corrected chi connectivity index (χ4v) is 4.14. The van der Waals surface area contributed by atoms with Crippen molar-refractivity contribution in [3.8, 4) is 5.75 Å². The van der Waals surface area contributed by atoms with Crippen molar-refractivity contribution in [3.63, 3.8) is 0 Å². The maximum Gasteiger partial charge on any atom is 0.269 e. The quantitative estimate of drug-likeness (QED) is 0.869.